The van der Waals surface area contributed by atoms with E-state index in [4.69, 9.17) is 4.74 Å². The number of rotatable bonds is 1. The summed E-state index contributed by atoms with van der Waals surface area (Å²) in [7, 11) is 0. The van der Waals surface area contributed by atoms with Gasteiger partial charge in [0, 0.05) is 6.61 Å². The number of hydrogen-bond acceptors (Lipinski definition) is 3. The van der Waals surface area contributed by atoms with Crippen LogP contribution in [0.1, 0.15) is 24.8 Å². The molecular weight excluding hydrogens is 206 g/mol. The molecule has 15 heavy (non-hydrogen) atoms. The first-order valence-corrected chi connectivity index (χ1v) is 6.10. The largest absolute Gasteiger partial charge is 0.368 e. The number of ether oxygens (including phenoxy) is 1. The van der Waals surface area contributed by atoms with Crippen molar-refractivity contribution in [2.75, 3.05) is 6.61 Å². The topological polar surface area (TPSA) is 22.1 Å². The van der Waals surface area contributed by atoms with Crippen molar-refractivity contribution in [1.29, 1.82) is 0 Å². The van der Waals surface area contributed by atoms with Crippen molar-refractivity contribution in [3.05, 3.63) is 29.3 Å². The van der Waals surface area contributed by atoms with Gasteiger partial charge in [-0.2, -0.15) is 0 Å². The Morgan fingerprint density at radius 3 is 3.00 bits per heavy atom. The Hall–Kier alpha value is -0.930. The van der Waals surface area contributed by atoms with Gasteiger partial charge < -0.3 is 4.74 Å². The molecule has 1 atom stereocenters. The molecule has 0 radical (unpaired) electrons. The van der Waals surface area contributed by atoms with Crippen LogP contribution in [0.2, 0.25) is 0 Å². The highest BCUT2D eigenvalue weighted by atomic mass is 32.1. The van der Waals surface area contributed by atoms with Crippen LogP contribution >= 0.6 is 11.3 Å². The molecule has 1 aromatic carbocycles. The number of hydrogen-bond donors (Lipinski definition) is 0. The minimum absolute atomic E-state index is 0.135. The minimum Gasteiger partial charge on any atom is -0.368 e. The Balaban J connectivity index is 2.11. The summed E-state index contributed by atoms with van der Waals surface area (Å²) in [6.07, 6.45) is 2.24. The third-order valence-electron chi connectivity index (χ3n) is 2.97. The molecule has 78 valence electrons. The molecule has 1 saturated heterocycles. The van der Waals surface area contributed by atoms with Gasteiger partial charge in [0.1, 0.15) is 10.6 Å². The molecule has 3 rings (SSSR count). The van der Waals surface area contributed by atoms with E-state index in [-0.39, 0.29) is 5.60 Å². The van der Waals surface area contributed by atoms with Crippen LogP contribution in [-0.2, 0) is 10.3 Å². The van der Waals surface area contributed by atoms with Crippen LogP contribution in [0, 0.1) is 0 Å². The van der Waals surface area contributed by atoms with Gasteiger partial charge in [-0.05, 0) is 31.9 Å². The number of para-hydroxylation sites is 1. The number of nitrogens with zero attached hydrogens (tertiary/aromatic N) is 1. The highest BCUT2D eigenvalue weighted by Gasteiger charge is 2.34. The van der Waals surface area contributed by atoms with E-state index < -0.39 is 0 Å². The Bertz CT molecular complexity index is 452. The fourth-order valence-electron chi connectivity index (χ4n) is 2.05. The van der Waals surface area contributed by atoms with Crippen molar-refractivity contribution in [1.82, 2.24) is 4.98 Å². The van der Waals surface area contributed by atoms with Crippen molar-refractivity contribution in [3.63, 3.8) is 0 Å². The summed E-state index contributed by atoms with van der Waals surface area (Å²) in [6.45, 7) is 3.02. The van der Waals surface area contributed by atoms with E-state index in [1.165, 1.54) is 4.70 Å². The van der Waals surface area contributed by atoms with Crippen LogP contribution in [0.25, 0.3) is 10.2 Å². The molecule has 2 heterocycles. The summed E-state index contributed by atoms with van der Waals surface area (Å²) in [4.78, 5) is 4.66. The summed E-state index contributed by atoms with van der Waals surface area (Å²) < 4.78 is 7.06. The quantitative estimate of drug-likeness (QED) is 0.734. The second-order valence-corrected chi connectivity index (χ2v) is 5.20. The zero-order chi connectivity index (χ0) is 10.3. The van der Waals surface area contributed by atoms with Gasteiger partial charge in [-0.3, -0.25) is 0 Å². The number of thiazole rings is 1. The van der Waals surface area contributed by atoms with E-state index >= 15 is 0 Å². The van der Waals surface area contributed by atoms with Crippen LogP contribution in [0.3, 0.4) is 0 Å². The molecule has 0 aliphatic carbocycles. The van der Waals surface area contributed by atoms with E-state index in [0.29, 0.717) is 0 Å². The summed E-state index contributed by atoms with van der Waals surface area (Å²) in [5.74, 6) is 0. The molecule has 1 aliphatic heterocycles. The molecule has 0 N–H and O–H groups in total. The molecule has 1 aliphatic rings. The van der Waals surface area contributed by atoms with Gasteiger partial charge in [0.05, 0.1) is 10.2 Å². The summed E-state index contributed by atoms with van der Waals surface area (Å²) in [5.41, 5.74) is 0.957. The number of aromatic nitrogens is 1. The van der Waals surface area contributed by atoms with E-state index in [1.54, 1.807) is 11.3 Å². The lowest BCUT2D eigenvalue weighted by Crippen LogP contribution is -2.19. The third kappa shape index (κ3) is 1.46. The molecule has 0 saturated carbocycles. The van der Waals surface area contributed by atoms with Crippen LogP contribution in [-0.4, -0.2) is 11.6 Å². The first-order valence-electron chi connectivity index (χ1n) is 5.28. The highest BCUT2D eigenvalue weighted by molar-refractivity contribution is 7.18. The Morgan fingerprint density at radius 1 is 1.40 bits per heavy atom. The normalized spacial score (nSPS) is 26.2. The molecule has 0 amide bonds. The molecular formula is C12H13NOS. The Labute approximate surface area is 92.9 Å². The fourth-order valence-corrected chi connectivity index (χ4v) is 3.14. The van der Waals surface area contributed by atoms with Crippen LogP contribution < -0.4 is 0 Å². The summed E-state index contributed by atoms with van der Waals surface area (Å²) in [5, 5.41) is 1.13. The van der Waals surface area contributed by atoms with Crippen molar-refractivity contribution in [3.8, 4) is 0 Å². The van der Waals surface area contributed by atoms with Gasteiger partial charge in [0.25, 0.3) is 0 Å². The van der Waals surface area contributed by atoms with Gasteiger partial charge in [0.2, 0.25) is 0 Å². The van der Waals surface area contributed by atoms with Crippen LogP contribution in [0.5, 0.6) is 0 Å². The van der Waals surface area contributed by atoms with Gasteiger partial charge >= 0.3 is 0 Å². The number of benzene rings is 1. The van der Waals surface area contributed by atoms with E-state index in [2.05, 4.69) is 30.1 Å². The van der Waals surface area contributed by atoms with Gasteiger partial charge in [-0.25, -0.2) is 4.98 Å². The predicted octanol–water partition coefficient (Wildman–Crippen LogP) is 3.32. The molecule has 0 spiro atoms. The lowest BCUT2D eigenvalue weighted by Gasteiger charge is -2.19. The van der Waals surface area contributed by atoms with Crippen molar-refractivity contribution in [2.45, 2.75) is 25.4 Å². The molecule has 0 bridgehead atoms. The second kappa shape index (κ2) is 3.29. The zero-order valence-electron chi connectivity index (χ0n) is 8.69. The maximum atomic E-state index is 5.80. The predicted molar refractivity (Wildman–Crippen MR) is 62.2 cm³/mol. The summed E-state index contributed by atoms with van der Waals surface area (Å²) in [6, 6.07) is 8.27. The summed E-state index contributed by atoms with van der Waals surface area (Å²) >= 11 is 1.76. The van der Waals surface area contributed by atoms with Gasteiger partial charge in [-0.1, -0.05) is 12.1 Å². The fraction of sp³-hybridized carbons (Fsp3) is 0.417. The maximum Gasteiger partial charge on any atom is 0.126 e. The molecule has 1 fully saturated rings. The monoisotopic (exact) mass is 219 g/mol. The van der Waals surface area contributed by atoms with Crippen molar-refractivity contribution in [2.24, 2.45) is 0 Å². The molecule has 3 heteroatoms. The molecule has 2 aromatic rings. The van der Waals surface area contributed by atoms with E-state index in [1.807, 2.05) is 6.07 Å². The first-order chi connectivity index (χ1) is 7.28. The van der Waals surface area contributed by atoms with E-state index in [0.717, 1.165) is 30.0 Å². The first kappa shape index (κ1) is 9.31. The zero-order valence-corrected chi connectivity index (χ0v) is 9.51. The van der Waals surface area contributed by atoms with Gasteiger partial charge in [-0.15, -0.1) is 11.3 Å². The van der Waals surface area contributed by atoms with Crippen LogP contribution in [0.4, 0.5) is 0 Å². The molecule has 0 unspecified atom stereocenters. The standard InChI is InChI=1S/C12H13NOS/c1-12(7-4-8-14-12)11-13-9-5-2-3-6-10(9)15-11/h2-3,5-6H,4,7-8H2,1H3/t12-/m0/s1. The Morgan fingerprint density at radius 2 is 2.27 bits per heavy atom. The maximum absolute atomic E-state index is 5.80. The number of fused-ring (bicyclic) bond motifs is 1. The minimum atomic E-state index is -0.135. The van der Waals surface area contributed by atoms with Gasteiger partial charge in [0.15, 0.2) is 0 Å². The average molecular weight is 219 g/mol. The molecule has 1 aromatic heterocycles. The average Bonchev–Trinajstić information content (AvgIpc) is 2.84. The smallest absolute Gasteiger partial charge is 0.126 e. The van der Waals surface area contributed by atoms with Crippen LogP contribution in [0.15, 0.2) is 24.3 Å². The van der Waals surface area contributed by atoms with E-state index in [9.17, 15) is 0 Å². The third-order valence-corrected chi connectivity index (χ3v) is 4.25. The second-order valence-electron chi connectivity index (χ2n) is 4.17. The lowest BCUT2D eigenvalue weighted by atomic mass is 10.0. The van der Waals surface area contributed by atoms with Crippen molar-refractivity contribution < 1.29 is 4.74 Å². The SMILES string of the molecule is C[C@@]1(c2nc3ccccc3s2)CCCO1. The molecule has 2 nitrogen and oxygen atoms in total. The lowest BCUT2D eigenvalue weighted by molar-refractivity contribution is 0.0168. The Kier molecular flexibility index (Phi) is 2.04. The van der Waals surface area contributed by atoms with Crippen molar-refractivity contribution >= 4 is 21.6 Å². The highest BCUT2D eigenvalue weighted by Crippen LogP contribution is 2.39.